The van der Waals surface area contributed by atoms with Crippen molar-refractivity contribution in [2.24, 2.45) is 0 Å². The van der Waals surface area contributed by atoms with Gasteiger partial charge in [0, 0.05) is 0 Å². The fourth-order valence-corrected chi connectivity index (χ4v) is 1.49. The highest BCUT2D eigenvalue weighted by Gasteiger charge is 1.99. The molecule has 1 rings (SSSR count). The smallest absolute Gasteiger partial charge is 0.0305 e. The molecule has 0 fully saturated rings. The Morgan fingerprint density at radius 3 is 1.93 bits per heavy atom. The summed E-state index contributed by atoms with van der Waals surface area (Å²) in [4.78, 5) is 0. The van der Waals surface area contributed by atoms with Crippen LogP contribution < -0.4 is 0 Å². The van der Waals surface area contributed by atoms with Crippen molar-refractivity contribution in [3.05, 3.63) is 34.4 Å². The van der Waals surface area contributed by atoms with Gasteiger partial charge in [0.2, 0.25) is 0 Å². The van der Waals surface area contributed by atoms with E-state index < -0.39 is 0 Å². The van der Waals surface area contributed by atoms with Crippen LogP contribution in [0.5, 0.6) is 0 Å². The maximum atomic E-state index is 2.28. The number of rotatable bonds is 1. The van der Waals surface area contributed by atoms with Gasteiger partial charge in [-0.3, -0.25) is 0 Å². The van der Waals surface area contributed by atoms with Gasteiger partial charge >= 0.3 is 0 Å². The SMILES string of the molecule is CC.CCc1cc(C)cc(C)c1C.I. The molecule has 0 radical (unpaired) electrons. The zero-order valence-electron chi connectivity index (χ0n) is 10.3. The highest BCUT2D eigenvalue weighted by Crippen LogP contribution is 2.15. The van der Waals surface area contributed by atoms with Gasteiger partial charge in [0.05, 0.1) is 0 Å². The Hall–Kier alpha value is -0.0500. The van der Waals surface area contributed by atoms with Crippen molar-refractivity contribution in [2.45, 2.75) is 48.0 Å². The standard InChI is InChI=1S/C11H16.C2H6.HI/c1-5-11-7-8(2)6-9(3)10(11)4;1-2;/h6-7H,5H2,1-4H3;1-2H3;1H. The molecule has 1 aromatic carbocycles. The molecular formula is C13H23I. The van der Waals surface area contributed by atoms with Crippen molar-refractivity contribution in [2.75, 3.05) is 0 Å². The lowest BCUT2D eigenvalue weighted by atomic mass is 9.99. The van der Waals surface area contributed by atoms with Crippen molar-refractivity contribution >= 4 is 24.0 Å². The summed E-state index contributed by atoms with van der Waals surface area (Å²) in [5.41, 5.74) is 5.74. The van der Waals surface area contributed by atoms with Crippen LogP contribution in [0.25, 0.3) is 0 Å². The van der Waals surface area contributed by atoms with E-state index in [4.69, 9.17) is 0 Å². The Morgan fingerprint density at radius 2 is 1.50 bits per heavy atom. The van der Waals surface area contributed by atoms with Crippen LogP contribution in [0.3, 0.4) is 0 Å². The quantitative estimate of drug-likeness (QED) is 0.653. The minimum atomic E-state index is 0. The van der Waals surface area contributed by atoms with Gasteiger partial charge in [-0.1, -0.05) is 38.5 Å². The van der Waals surface area contributed by atoms with E-state index in [-0.39, 0.29) is 24.0 Å². The molecule has 82 valence electrons. The number of aryl methyl sites for hydroxylation is 3. The Balaban J connectivity index is 0. The van der Waals surface area contributed by atoms with Crippen LogP contribution in [0, 0.1) is 20.8 Å². The highest BCUT2D eigenvalue weighted by atomic mass is 127. The first kappa shape index (κ1) is 16.4. The average Bonchev–Trinajstić information content (AvgIpc) is 2.14. The third-order valence-electron chi connectivity index (χ3n) is 2.30. The van der Waals surface area contributed by atoms with Crippen molar-refractivity contribution in [1.82, 2.24) is 0 Å². The van der Waals surface area contributed by atoms with Gasteiger partial charge in [0.25, 0.3) is 0 Å². The third-order valence-corrected chi connectivity index (χ3v) is 2.30. The van der Waals surface area contributed by atoms with Crippen LogP contribution in [0.4, 0.5) is 0 Å². The van der Waals surface area contributed by atoms with E-state index in [0.29, 0.717) is 0 Å². The molecule has 0 saturated carbocycles. The number of hydrogen-bond acceptors (Lipinski definition) is 0. The predicted molar refractivity (Wildman–Crippen MR) is 76.8 cm³/mol. The molecule has 1 aromatic rings. The molecule has 0 N–H and O–H groups in total. The molecule has 1 heteroatoms. The fraction of sp³-hybridized carbons (Fsp3) is 0.538. The van der Waals surface area contributed by atoms with Crippen LogP contribution in [0.15, 0.2) is 12.1 Å². The molecule has 0 aromatic heterocycles. The fourth-order valence-electron chi connectivity index (χ4n) is 1.49. The molecular weight excluding hydrogens is 283 g/mol. The molecule has 0 amide bonds. The lowest BCUT2D eigenvalue weighted by molar-refractivity contribution is 1.08. The second kappa shape index (κ2) is 8.27. The topological polar surface area (TPSA) is 0 Å². The van der Waals surface area contributed by atoms with Crippen molar-refractivity contribution in [3.8, 4) is 0 Å². The van der Waals surface area contributed by atoms with Crippen molar-refractivity contribution < 1.29 is 0 Å². The third kappa shape index (κ3) is 4.45. The maximum Gasteiger partial charge on any atom is -0.0305 e. The molecule has 0 aliphatic heterocycles. The first-order chi connectivity index (χ1) is 6.15. The van der Waals surface area contributed by atoms with E-state index in [1.54, 1.807) is 0 Å². The van der Waals surface area contributed by atoms with Gasteiger partial charge in [0.15, 0.2) is 0 Å². The average molecular weight is 306 g/mol. The summed E-state index contributed by atoms with van der Waals surface area (Å²) in [5, 5.41) is 0. The summed E-state index contributed by atoms with van der Waals surface area (Å²) >= 11 is 0. The monoisotopic (exact) mass is 306 g/mol. The number of hydrogen-bond donors (Lipinski definition) is 0. The summed E-state index contributed by atoms with van der Waals surface area (Å²) in [6, 6.07) is 4.52. The van der Waals surface area contributed by atoms with Crippen LogP contribution in [-0.4, -0.2) is 0 Å². The lowest BCUT2D eigenvalue weighted by Gasteiger charge is -2.07. The van der Waals surface area contributed by atoms with Gasteiger partial charge in [0.1, 0.15) is 0 Å². The Bertz CT molecular complexity index is 264. The van der Waals surface area contributed by atoms with Crippen LogP contribution >= 0.6 is 24.0 Å². The van der Waals surface area contributed by atoms with Crippen molar-refractivity contribution in [3.63, 3.8) is 0 Å². The Labute approximate surface area is 106 Å². The van der Waals surface area contributed by atoms with Gasteiger partial charge in [-0.2, -0.15) is 0 Å². The summed E-state index contributed by atoms with van der Waals surface area (Å²) in [7, 11) is 0. The summed E-state index contributed by atoms with van der Waals surface area (Å²) in [6.45, 7) is 12.8. The first-order valence-corrected chi connectivity index (χ1v) is 5.22. The number of halogens is 1. The largest absolute Gasteiger partial charge is 0.107 e. The van der Waals surface area contributed by atoms with Gasteiger partial charge in [-0.15, -0.1) is 24.0 Å². The van der Waals surface area contributed by atoms with Crippen LogP contribution in [-0.2, 0) is 6.42 Å². The number of benzene rings is 1. The minimum Gasteiger partial charge on any atom is -0.107 e. The van der Waals surface area contributed by atoms with E-state index in [1.165, 1.54) is 22.3 Å². The van der Waals surface area contributed by atoms with E-state index in [0.717, 1.165) is 6.42 Å². The second-order valence-corrected chi connectivity index (χ2v) is 3.22. The molecule has 0 aliphatic carbocycles. The summed E-state index contributed by atoms with van der Waals surface area (Å²) in [6.07, 6.45) is 1.15. The highest BCUT2D eigenvalue weighted by molar-refractivity contribution is 14.0. The molecule has 0 nitrogen and oxygen atoms in total. The Morgan fingerprint density at radius 1 is 1.00 bits per heavy atom. The molecule has 0 aliphatic rings. The van der Waals surface area contributed by atoms with Crippen LogP contribution in [0.2, 0.25) is 0 Å². The predicted octanol–water partition coefficient (Wildman–Crippen LogP) is 4.82. The molecule has 0 heterocycles. The first-order valence-electron chi connectivity index (χ1n) is 5.22. The second-order valence-electron chi connectivity index (χ2n) is 3.22. The normalized spacial score (nSPS) is 8.43. The Kier molecular flexibility index (Phi) is 9.68. The lowest BCUT2D eigenvalue weighted by Crippen LogP contribution is -1.91. The molecule has 0 spiro atoms. The van der Waals surface area contributed by atoms with Gasteiger partial charge < -0.3 is 0 Å². The molecule has 0 bridgehead atoms. The molecule has 0 saturated heterocycles. The van der Waals surface area contributed by atoms with Crippen molar-refractivity contribution in [1.29, 1.82) is 0 Å². The molecule has 0 unspecified atom stereocenters. The van der Waals surface area contributed by atoms with Crippen LogP contribution in [0.1, 0.15) is 43.0 Å². The molecule has 0 atom stereocenters. The van der Waals surface area contributed by atoms with E-state index in [2.05, 4.69) is 39.8 Å². The van der Waals surface area contributed by atoms with E-state index >= 15 is 0 Å². The summed E-state index contributed by atoms with van der Waals surface area (Å²) in [5.74, 6) is 0. The summed E-state index contributed by atoms with van der Waals surface area (Å²) < 4.78 is 0. The van der Waals surface area contributed by atoms with E-state index in [1.807, 2.05) is 13.8 Å². The van der Waals surface area contributed by atoms with E-state index in [9.17, 15) is 0 Å². The van der Waals surface area contributed by atoms with Gasteiger partial charge in [-0.25, -0.2) is 0 Å². The minimum absolute atomic E-state index is 0. The zero-order valence-corrected chi connectivity index (χ0v) is 12.6. The zero-order chi connectivity index (χ0) is 10.4. The molecule has 14 heavy (non-hydrogen) atoms. The van der Waals surface area contributed by atoms with Gasteiger partial charge in [-0.05, 0) is 43.9 Å². The maximum absolute atomic E-state index is 2.28.